The zero-order chi connectivity index (χ0) is 14.5. The molecule has 3 rings (SSSR count). The second kappa shape index (κ2) is 6.70. The van der Waals surface area contributed by atoms with Gasteiger partial charge in [0.05, 0.1) is 18.9 Å². The summed E-state index contributed by atoms with van der Waals surface area (Å²) >= 11 is 6.11. The normalized spacial score (nSPS) is 15.6. The molecule has 1 aliphatic heterocycles. The Morgan fingerprint density at radius 2 is 1.81 bits per heavy atom. The lowest BCUT2D eigenvalue weighted by atomic mass is 10.2. The van der Waals surface area contributed by atoms with Gasteiger partial charge in [-0.3, -0.25) is 0 Å². The van der Waals surface area contributed by atoms with Crippen molar-refractivity contribution in [1.29, 1.82) is 0 Å². The van der Waals surface area contributed by atoms with Gasteiger partial charge in [-0.25, -0.2) is 9.97 Å². The third kappa shape index (κ3) is 3.80. The monoisotopic (exact) mass is 301 g/mol. The zero-order valence-electron chi connectivity index (χ0n) is 11.6. The molecule has 5 heteroatoms. The van der Waals surface area contributed by atoms with Gasteiger partial charge < -0.3 is 9.64 Å². The number of aromatic nitrogens is 2. The highest BCUT2D eigenvalue weighted by Crippen LogP contribution is 2.17. The van der Waals surface area contributed by atoms with Crippen molar-refractivity contribution in [3.63, 3.8) is 0 Å². The third-order valence-electron chi connectivity index (χ3n) is 3.24. The highest BCUT2D eigenvalue weighted by atomic mass is 35.5. The van der Waals surface area contributed by atoms with Crippen molar-refractivity contribution in [1.82, 2.24) is 9.97 Å². The standard InChI is InChI=1S/C16H16ClN3O/c17-15-12-14(7-6-13-4-2-1-3-5-13)18-16(19-15)20-8-10-21-11-9-20/h1-7,12H,8-11H2/b7-6+. The fraction of sp³-hybridized carbons (Fsp3) is 0.250. The topological polar surface area (TPSA) is 38.2 Å². The summed E-state index contributed by atoms with van der Waals surface area (Å²) in [6.07, 6.45) is 3.97. The summed E-state index contributed by atoms with van der Waals surface area (Å²) in [5, 5.41) is 0.458. The van der Waals surface area contributed by atoms with Crippen LogP contribution >= 0.6 is 11.6 Å². The van der Waals surface area contributed by atoms with Crippen molar-refractivity contribution < 1.29 is 4.74 Å². The molecule has 0 aliphatic carbocycles. The van der Waals surface area contributed by atoms with Crippen LogP contribution in [0.4, 0.5) is 5.95 Å². The summed E-state index contributed by atoms with van der Waals surface area (Å²) in [6, 6.07) is 11.9. The van der Waals surface area contributed by atoms with Gasteiger partial charge in [-0.1, -0.05) is 48.0 Å². The van der Waals surface area contributed by atoms with Gasteiger partial charge in [-0.15, -0.1) is 0 Å². The molecule has 2 aromatic rings. The molecular weight excluding hydrogens is 286 g/mol. The molecule has 1 fully saturated rings. The van der Waals surface area contributed by atoms with Crippen LogP contribution in [0.2, 0.25) is 5.15 Å². The van der Waals surface area contributed by atoms with E-state index in [1.165, 1.54) is 0 Å². The van der Waals surface area contributed by atoms with Crippen molar-refractivity contribution in [2.24, 2.45) is 0 Å². The molecule has 1 aliphatic rings. The van der Waals surface area contributed by atoms with Crippen LogP contribution in [0.25, 0.3) is 12.2 Å². The van der Waals surface area contributed by atoms with Crippen LogP contribution < -0.4 is 4.90 Å². The molecule has 0 spiro atoms. The first kappa shape index (κ1) is 14.0. The summed E-state index contributed by atoms with van der Waals surface area (Å²) in [7, 11) is 0. The number of rotatable bonds is 3. The lowest BCUT2D eigenvalue weighted by molar-refractivity contribution is 0.122. The lowest BCUT2D eigenvalue weighted by Crippen LogP contribution is -2.37. The van der Waals surface area contributed by atoms with Crippen LogP contribution in [0, 0.1) is 0 Å². The molecule has 0 atom stereocenters. The number of anilines is 1. The largest absolute Gasteiger partial charge is 0.378 e. The fourth-order valence-corrected chi connectivity index (χ4v) is 2.35. The van der Waals surface area contributed by atoms with Crippen molar-refractivity contribution >= 4 is 29.7 Å². The van der Waals surface area contributed by atoms with Gasteiger partial charge in [0.2, 0.25) is 5.95 Å². The summed E-state index contributed by atoms with van der Waals surface area (Å²) in [4.78, 5) is 11.0. The minimum atomic E-state index is 0.458. The molecule has 0 amide bonds. The van der Waals surface area contributed by atoms with Crippen molar-refractivity contribution in [2.75, 3.05) is 31.2 Å². The quantitative estimate of drug-likeness (QED) is 0.816. The SMILES string of the molecule is Clc1cc(/C=C/c2ccccc2)nc(N2CCOCC2)n1. The first-order valence-corrected chi connectivity index (χ1v) is 7.29. The molecule has 4 nitrogen and oxygen atoms in total. The molecule has 0 unspecified atom stereocenters. The lowest BCUT2D eigenvalue weighted by Gasteiger charge is -2.26. The third-order valence-corrected chi connectivity index (χ3v) is 3.44. The molecule has 0 bridgehead atoms. The van der Waals surface area contributed by atoms with Gasteiger partial charge in [0, 0.05) is 19.2 Å². The number of nitrogens with zero attached hydrogens (tertiary/aromatic N) is 3. The predicted molar refractivity (Wildman–Crippen MR) is 85.4 cm³/mol. The Kier molecular flexibility index (Phi) is 4.48. The second-order valence-electron chi connectivity index (χ2n) is 4.76. The van der Waals surface area contributed by atoms with Crippen LogP contribution in [0.15, 0.2) is 36.4 Å². The van der Waals surface area contributed by atoms with E-state index in [1.807, 2.05) is 42.5 Å². The van der Waals surface area contributed by atoms with E-state index >= 15 is 0 Å². The van der Waals surface area contributed by atoms with E-state index in [9.17, 15) is 0 Å². The van der Waals surface area contributed by atoms with E-state index in [0.717, 1.165) is 24.3 Å². The molecule has 1 aromatic heterocycles. The molecule has 1 saturated heterocycles. The Morgan fingerprint density at radius 1 is 1.05 bits per heavy atom. The van der Waals surface area contributed by atoms with Gasteiger partial charge in [0.25, 0.3) is 0 Å². The minimum absolute atomic E-state index is 0.458. The number of halogens is 1. The van der Waals surface area contributed by atoms with E-state index < -0.39 is 0 Å². The maximum atomic E-state index is 6.11. The molecule has 21 heavy (non-hydrogen) atoms. The van der Waals surface area contributed by atoms with Gasteiger partial charge in [-0.05, 0) is 11.6 Å². The molecule has 1 aromatic carbocycles. The number of morpholine rings is 1. The number of benzene rings is 1. The van der Waals surface area contributed by atoms with E-state index in [-0.39, 0.29) is 0 Å². The minimum Gasteiger partial charge on any atom is -0.378 e. The number of hydrogen-bond acceptors (Lipinski definition) is 4. The van der Waals surface area contributed by atoms with Crippen LogP contribution in [0.1, 0.15) is 11.3 Å². The Hall–Kier alpha value is -1.91. The first-order chi connectivity index (χ1) is 10.3. The van der Waals surface area contributed by atoms with Gasteiger partial charge in [-0.2, -0.15) is 0 Å². The fourth-order valence-electron chi connectivity index (χ4n) is 2.16. The van der Waals surface area contributed by atoms with E-state index in [1.54, 1.807) is 6.07 Å². The Bertz CT molecular complexity index is 625. The van der Waals surface area contributed by atoms with Crippen LogP contribution in [-0.2, 0) is 4.74 Å². The summed E-state index contributed by atoms with van der Waals surface area (Å²) in [5.41, 5.74) is 1.93. The molecular formula is C16H16ClN3O. The van der Waals surface area contributed by atoms with Gasteiger partial charge in [0.15, 0.2) is 0 Å². The average Bonchev–Trinajstić information content (AvgIpc) is 2.54. The maximum Gasteiger partial charge on any atom is 0.227 e. The van der Waals surface area contributed by atoms with Crippen molar-refractivity contribution in [3.8, 4) is 0 Å². The first-order valence-electron chi connectivity index (χ1n) is 6.92. The maximum absolute atomic E-state index is 6.11. The van der Waals surface area contributed by atoms with Crippen LogP contribution in [-0.4, -0.2) is 36.3 Å². The zero-order valence-corrected chi connectivity index (χ0v) is 12.3. The predicted octanol–water partition coefficient (Wildman–Crippen LogP) is 3.14. The van der Waals surface area contributed by atoms with Crippen LogP contribution in [0.5, 0.6) is 0 Å². The van der Waals surface area contributed by atoms with Crippen molar-refractivity contribution in [3.05, 3.63) is 52.8 Å². The van der Waals surface area contributed by atoms with E-state index in [0.29, 0.717) is 24.3 Å². The summed E-state index contributed by atoms with van der Waals surface area (Å²) in [5.74, 6) is 0.665. The van der Waals surface area contributed by atoms with Crippen molar-refractivity contribution in [2.45, 2.75) is 0 Å². The Labute approximate surface area is 129 Å². The smallest absolute Gasteiger partial charge is 0.227 e. The van der Waals surface area contributed by atoms with Gasteiger partial charge >= 0.3 is 0 Å². The summed E-state index contributed by atoms with van der Waals surface area (Å²) in [6.45, 7) is 2.99. The molecule has 0 radical (unpaired) electrons. The molecule has 2 heterocycles. The van der Waals surface area contributed by atoms with Crippen LogP contribution in [0.3, 0.4) is 0 Å². The number of hydrogen-bond donors (Lipinski definition) is 0. The molecule has 0 saturated carbocycles. The van der Waals surface area contributed by atoms with E-state index in [2.05, 4.69) is 14.9 Å². The Morgan fingerprint density at radius 3 is 2.57 bits per heavy atom. The molecule has 0 N–H and O–H groups in total. The second-order valence-corrected chi connectivity index (χ2v) is 5.15. The van der Waals surface area contributed by atoms with E-state index in [4.69, 9.17) is 16.3 Å². The molecule has 108 valence electrons. The highest BCUT2D eigenvalue weighted by Gasteiger charge is 2.14. The Balaban J connectivity index is 1.82. The average molecular weight is 302 g/mol. The number of ether oxygens (including phenoxy) is 1. The highest BCUT2D eigenvalue weighted by molar-refractivity contribution is 6.29. The summed E-state index contributed by atoms with van der Waals surface area (Å²) < 4.78 is 5.34. The van der Waals surface area contributed by atoms with Gasteiger partial charge in [0.1, 0.15) is 5.15 Å².